The van der Waals surface area contributed by atoms with Crippen molar-refractivity contribution in [3.63, 3.8) is 0 Å². The Hall–Kier alpha value is -1.06. The van der Waals surface area contributed by atoms with E-state index in [-0.39, 0.29) is 11.8 Å². The van der Waals surface area contributed by atoms with Gasteiger partial charge in [0.05, 0.1) is 0 Å². The summed E-state index contributed by atoms with van der Waals surface area (Å²) in [6, 6.07) is 0. The molecule has 0 spiro atoms. The zero-order valence-corrected chi connectivity index (χ0v) is 5.39. The van der Waals surface area contributed by atoms with Crippen LogP contribution in [-0.4, -0.2) is 11.8 Å². The summed E-state index contributed by atoms with van der Waals surface area (Å²) in [6.07, 6.45) is 0. The van der Waals surface area contributed by atoms with Gasteiger partial charge in [-0.25, -0.2) is 0 Å². The van der Waals surface area contributed by atoms with Gasteiger partial charge in [-0.15, -0.1) is 0 Å². The molecule has 2 N–H and O–H groups in total. The molecule has 0 rings (SSSR count). The summed E-state index contributed by atoms with van der Waals surface area (Å²) in [5.41, 5.74) is 0. The molecule has 51 valence electrons. The normalized spacial score (nSPS) is 8.22. The van der Waals surface area contributed by atoms with Crippen molar-refractivity contribution in [3.8, 4) is 0 Å². The zero-order valence-electron chi connectivity index (χ0n) is 5.39. The van der Waals surface area contributed by atoms with Gasteiger partial charge in [0.1, 0.15) is 6.67 Å². The third-order valence-corrected chi connectivity index (χ3v) is 0.551. The molecule has 0 saturated heterocycles. The standard InChI is InChI=1S/C5H9N2O2/c1-4(8)6-3-7-5(2)9/h3H,1-2H3,(H,6,8)(H,7,9). The van der Waals surface area contributed by atoms with Crippen LogP contribution in [0.5, 0.6) is 0 Å². The first-order valence-electron chi connectivity index (χ1n) is 2.49. The van der Waals surface area contributed by atoms with Gasteiger partial charge in [0.25, 0.3) is 0 Å². The smallest absolute Gasteiger partial charge is 0.218 e. The van der Waals surface area contributed by atoms with Crippen molar-refractivity contribution in [1.82, 2.24) is 10.6 Å². The van der Waals surface area contributed by atoms with Crippen LogP contribution in [0.2, 0.25) is 0 Å². The first-order valence-corrected chi connectivity index (χ1v) is 2.49. The Balaban J connectivity index is 3.10. The first kappa shape index (κ1) is 7.94. The molecule has 0 aromatic carbocycles. The van der Waals surface area contributed by atoms with Crippen LogP contribution in [0.15, 0.2) is 0 Å². The number of carbonyl (C=O) groups is 2. The maximum atomic E-state index is 10.1. The van der Waals surface area contributed by atoms with Crippen LogP contribution in [0, 0.1) is 6.67 Å². The van der Waals surface area contributed by atoms with E-state index in [0.717, 1.165) is 0 Å². The van der Waals surface area contributed by atoms with Gasteiger partial charge in [-0.1, -0.05) is 0 Å². The monoisotopic (exact) mass is 129 g/mol. The third kappa shape index (κ3) is 6.94. The molecule has 0 bridgehead atoms. The fraction of sp³-hybridized carbons (Fsp3) is 0.400. The van der Waals surface area contributed by atoms with E-state index in [9.17, 15) is 9.59 Å². The minimum Gasteiger partial charge on any atom is -0.333 e. The topological polar surface area (TPSA) is 58.2 Å². The maximum Gasteiger partial charge on any atom is 0.218 e. The van der Waals surface area contributed by atoms with Crippen molar-refractivity contribution >= 4 is 11.8 Å². The maximum absolute atomic E-state index is 10.1. The molecule has 4 nitrogen and oxygen atoms in total. The van der Waals surface area contributed by atoms with E-state index in [1.54, 1.807) is 0 Å². The highest BCUT2D eigenvalue weighted by molar-refractivity contribution is 5.76. The first-order chi connectivity index (χ1) is 4.13. The van der Waals surface area contributed by atoms with Gasteiger partial charge in [0, 0.05) is 13.8 Å². The minimum absolute atomic E-state index is 0.205. The predicted octanol–water partition coefficient (Wildman–Crippen LogP) is -0.622. The largest absolute Gasteiger partial charge is 0.333 e. The summed E-state index contributed by atoms with van der Waals surface area (Å²) in [5, 5.41) is 4.56. The quantitative estimate of drug-likeness (QED) is 0.522. The Morgan fingerprint density at radius 2 is 1.44 bits per heavy atom. The Kier molecular flexibility index (Phi) is 3.43. The van der Waals surface area contributed by atoms with Crippen LogP contribution >= 0.6 is 0 Å². The van der Waals surface area contributed by atoms with Gasteiger partial charge in [-0.2, -0.15) is 0 Å². The molecular formula is C5H9N2O2. The molecule has 0 unspecified atom stereocenters. The number of nitrogens with one attached hydrogen (secondary N) is 2. The van der Waals surface area contributed by atoms with Crippen LogP contribution in [0.4, 0.5) is 0 Å². The van der Waals surface area contributed by atoms with Gasteiger partial charge in [0.2, 0.25) is 11.8 Å². The van der Waals surface area contributed by atoms with E-state index in [2.05, 4.69) is 10.6 Å². The molecule has 0 fully saturated rings. The summed E-state index contributed by atoms with van der Waals surface area (Å²) in [4.78, 5) is 20.3. The summed E-state index contributed by atoms with van der Waals surface area (Å²) in [7, 11) is 0. The van der Waals surface area contributed by atoms with E-state index >= 15 is 0 Å². The van der Waals surface area contributed by atoms with Gasteiger partial charge in [0.15, 0.2) is 0 Å². The van der Waals surface area contributed by atoms with Gasteiger partial charge in [-0.05, 0) is 0 Å². The molecule has 0 heterocycles. The lowest BCUT2D eigenvalue weighted by atomic mass is 10.7. The van der Waals surface area contributed by atoms with Crippen molar-refractivity contribution in [1.29, 1.82) is 0 Å². The van der Waals surface area contributed by atoms with E-state index in [0.29, 0.717) is 0 Å². The molecule has 2 amide bonds. The summed E-state index contributed by atoms with van der Waals surface area (Å²) in [6.45, 7) is 3.92. The lowest BCUT2D eigenvalue weighted by Gasteiger charge is -1.98. The predicted molar refractivity (Wildman–Crippen MR) is 31.9 cm³/mol. The number of amides is 2. The van der Waals surface area contributed by atoms with Crippen LogP contribution in [-0.2, 0) is 9.59 Å². The number of hydrogen-bond donors (Lipinski definition) is 2. The Morgan fingerprint density at radius 3 is 1.67 bits per heavy atom. The van der Waals surface area contributed by atoms with Crippen LogP contribution < -0.4 is 10.6 Å². The van der Waals surface area contributed by atoms with E-state index in [4.69, 9.17) is 0 Å². The third-order valence-electron chi connectivity index (χ3n) is 0.551. The van der Waals surface area contributed by atoms with Crippen LogP contribution in [0.3, 0.4) is 0 Å². The number of rotatable bonds is 2. The van der Waals surface area contributed by atoms with E-state index in [1.807, 2.05) is 0 Å². The van der Waals surface area contributed by atoms with Crippen LogP contribution in [0.1, 0.15) is 13.8 Å². The zero-order chi connectivity index (χ0) is 7.28. The van der Waals surface area contributed by atoms with E-state index in [1.165, 1.54) is 20.5 Å². The van der Waals surface area contributed by atoms with Crippen molar-refractivity contribution in [2.45, 2.75) is 13.8 Å². The fourth-order valence-corrected chi connectivity index (χ4v) is 0.239. The Bertz CT molecular complexity index is 108. The minimum atomic E-state index is -0.205. The highest BCUT2D eigenvalue weighted by atomic mass is 16.2. The molecular weight excluding hydrogens is 120 g/mol. The molecule has 1 radical (unpaired) electrons. The lowest BCUT2D eigenvalue weighted by Crippen LogP contribution is -2.29. The van der Waals surface area contributed by atoms with Crippen LogP contribution in [0.25, 0.3) is 0 Å². The summed E-state index contributed by atoms with van der Waals surface area (Å²) in [5.74, 6) is -0.410. The van der Waals surface area contributed by atoms with Gasteiger partial charge in [-0.3, -0.25) is 9.59 Å². The Labute approximate surface area is 53.6 Å². The second-order valence-electron chi connectivity index (χ2n) is 1.55. The lowest BCUT2D eigenvalue weighted by molar-refractivity contribution is -0.119. The summed E-state index contributed by atoms with van der Waals surface area (Å²) < 4.78 is 0. The van der Waals surface area contributed by atoms with Crippen molar-refractivity contribution in [3.05, 3.63) is 6.67 Å². The van der Waals surface area contributed by atoms with Crippen molar-refractivity contribution in [2.75, 3.05) is 0 Å². The highest BCUT2D eigenvalue weighted by Crippen LogP contribution is 1.63. The van der Waals surface area contributed by atoms with Crippen molar-refractivity contribution in [2.24, 2.45) is 0 Å². The second-order valence-corrected chi connectivity index (χ2v) is 1.55. The molecule has 0 aliphatic rings. The number of hydrogen-bond acceptors (Lipinski definition) is 2. The Morgan fingerprint density at radius 1 is 1.11 bits per heavy atom. The highest BCUT2D eigenvalue weighted by Gasteiger charge is 1.90. The number of carbonyl (C=O) groups excluding carboxylic acids is 2. The molecule has 0 aliphatic carbocycles. The second kappa shape index (κ2) is 3.88. The molecule has 0 atom stereocenters. The molecule has 0 saturated carbocycles. The SMILES string of the molecule is CC(=O)N[CH]NC(C)=O. The molecule has 0 aromatic heterocycles. The molecule has 4 heteroatoms. The van der Waals surface area contributed by atoms with Gasteiger partial charge < -0.3 is 10.6 Å². The molecule has 0 aliphatic heterocycles. The summed E-state index contributed by atoms with van der Waals surface area (Å²) >= 11 is 0. The van der Waals surface area contributed by atoms with Gasteiger partial charge >= 0.3 is 0 Å². The van der Waals surface area contributed by atoms with E-state index < -0.39 is 0 Å². The molecule has 9 heavy (non-hydrogen) atoms. The molecule has 0 aromatic rings. The fourth-order valence-electron chi connectivity index (χ4n) is 0.239. The average Bonchev–Trinajstić information content (AvgIpc) is 1.63. The van der Waals surface area contributed by atoms with Crippen molar-refractivity contribution < 1.29 is 9.59 Å². The average molecular weight is 129 g/mol.